The number of halogens is 1. The van der Waals surface area contributed by atoms with E-state index in [0.717, 1.165) is 35.2 Å². The molecule has 0 aromatic heterocycles. The fourth-order valence-electron chi connectivity index (χ4n) is 4.30. The molecule has 0 saturated carbocycles. The zero-order chi connectivity index (χ0) is 22.1. The molecule has 1 atom stereocenters. The van der Waals surface area contributed by atoms with E-state index in [4.69, 9.17) is 16.3 Å². The Morgan fingerprint density at radius 3 is 2.73 bits per heavy atom. The Morgan fingerprint density at radius 1 is 1.33 bits per heavy atom. The monoisotopic (exact) mass is 428 g/mol. The van der Waals surface area contributed by atoms with Crippen LogP contribution in [0.25, 0.3) is 11.1 Å². The molecule has 0 fully saturated rings. The highest BCUT2D eigenvalue weighted by atomic mass is 35.5. The number of nitro benzene ring substituents is 1. The van der Waals surface area contributed by atoms with E-state index >= 15 is 0 Å². The van der Waals surface area contributed by atoms with Crippen molar-refractivity contribution in [3.8, 4) is 16.9 Å². The second-order valence-electron chi connectivity index (χ2n) is 8.56. The lowest BCUT2D eigenvalue weighted by Crippen LogP contribution is -2.37. The van der Waals surface area contributed by atoms with Gasteiger partial charge in [-0.1, -0.05) is 49.7 Å². The lowest BCUT2D eigenvalue weighted by Gasteiger charge is -2.39. The molecular weight excluding hydrogens is 400 g/mol. The third kappa shape index (κ3) is 4.31. The second kappa shape index (κ2) is 8.68. The first-order chi connectivity index (χ1) is 14.2. The number of hydrogen-bond donors (Lipinski definition) is 1. The fraction of sp³-hybridized carbons (Fsp3) is 0.417. The molecular formula is C24H29ClN2O3. The van der Waals surface area contributed by atoms with Gasteiger partial charge in [0.2, 0.25) is 5.75 Å². The molecule has 1 N–H and O–H groups in total. The predicted octanol–water partition coefficient (Wildman–Crippen LogP) is 7.27. The Morgan fingerprint density at radius 2 is 2.07 bits per heavy atom. The Hall–Kier alpha value is -2.53. The molecule has 0 radical (unpaired) electrons. The van der Waals surface area contributed by atoms with Crippen molar-refractivity contribution in [3.05, 3.63) is 62.7 Å². The van der Waals surface area contributed by atoms with Crippen LogP contribution in [0.5, 0.6) is 5.75 Å². The summed E-state index contributed by atoms with van der Waals surface area (Å²) in [6.07, 6.45) is 5.67. The van der Waals surface area contributed by atoms with Crippen LogP contribution in [0.15, 0.2) is 36.4 Å². The highest BCUT2D eigenvalue weighted by molar-refractivity contribution is 6.35. The van der Waals surface area contributed by atoms with Gasteiger partial charge in [0.15, 0.2) is 0 Å². The largest absolute Gasteiger partial charge is 0.482 e. The van der Waals surface area contributed by atoms with Gasteiger partial charge in [0, 0.05) is 28.4 Å². The number of para-hydroxylation sites is 1. The first-order valence-corrected chi connectivity index (χ1v) is 10.7. The van der Waals surface area contributed by atoms with E-state index < -0.39 is 4.92 Å². The first-order valence-electron chi connectivity index (χ1n) is 10.3. The number of rotatable bonds is 6. The number of nitro groups is 1. The highest BCUT2D eigenvalue weighted by Crippen LogP contribution is 2.49. The Bertz CT molecular complexity index is 998. The van der Waals surface area contributed by atoms with E-state index in [1.165, 1.54) is 6.07 Å². The van der Waals surface area contributed by atoms with Gasteiger partial charge in [-0.15, -0.1) is 0 Å². The van der Waals surface area contributed by atoms with E-state index in [0.29, 0.717) is 10.6 Å². The molecule has 6 heteroatoms. The number of nitrogens with zero attached hydrogens (tertiary/aromatic N) is 1. The molecule has 0 amide bonds. The van der Waals surface area contributed by atoms with Crippen molar-refractivity contribution < 1.29 is 9.66 Å². The maximum Gasteiger partial charge on any atom is 0.311 e. The van der Waals surface area contributed by atoms with Crippen molar-refractivity contribution in [2.24, 2.45) is 0 Å². The van der Waals surface area contributed by atoms with Gasteiger partial charge in [0.1, 0.15) is 6.61 Å². The lowest BCUT2D eigenvalue weighted by molar-refractivity contribution is -0.385. The molecule has 0 spiro atoms. The van der Waals surface area contributed by atoms with Crippen LogP contribution in [0.1, 0.15) is 57.6 Å². The number of anilines is 1. The van der Waals surface area contributed by atoms with Crippen LogP contribution in [0, 0.1) is 17.0 Å². The number of fused-ring (bicyclic) bond motifs is 1. The van der Waals surface area contributed by atoms with Crippen molar-refractivity contribution in [3.63, 3.8) is 0 Å². The third-order valence-corrected chi connectivity index (χ3v) is 5.88. The SMILES string of the molecule is CCC=CCOc1c(-c2cc(C)c3c(c2Cl)C(C)CC(C)(C)N3)cccc1[N+](=O)[O-]. The minimum absolute atomic E-state index is 0.0204. The predicted molar refractivity (Wildman–Crippen MR) is 124 cm³/mol. The van der Waals surface area contributed by atoms with Crippen molar-refractivity contribution >= 4 is 23.0 Å². The Kier molecular flexibility index (Phi) is 6.41. The smallest absolute Gasteiger partial charge is 0.311 e. The molecule has 2 aromatic rings. The molecule has 2 aromatic carbocycles. The van der Waals surface area contributed by atoms with Crippen molar-refractivity contribution in [2.75, 3.05) is 11.9 Å². The summed E-state index contributed by atoms with van der Waals surface area (Å²) in [5.74, 6) is 0.513. The standard InChI is InChI=1S/C24H29ClN2O3/c1-6-7-8-12-30-23-17(10-9-11-19(23)27(28)29)18-13-15(2)22-20(21(18)25)16(3)14-24(4,5)26-22/h7-11,13,16,26H,6,12,14H2,1-5H3. The first kappa shape index (κ1) is 22.2. The molecule has 0 aliphatic carbocycles. The summed E-state index contributed by atoms with van der Waals surface area (Å²) >= 11 is 6.93. The van der Waals surface area contributed by atoms with E-state index in [2.05, 4.69) is 26.1 Å². The van der Waals surface area contributed by atoms with Crippen LogP contribution < -0.4 is 10.1 Å². The fourth-order valence-corrected chi connectivity index (χ4v) is 4.74. The minimum Gasteiger partial charge on any atom is -0.482 e. The van der Waals surface area contributed by atoms with Crippen molar-refractivity contribution in [1.82, 2.24) is 0 Å². The van der Waals surface area contributed by atoms with Crippen LogP contribution in [0.2, 0.25) is 5.02 Å². The van der Waals surface area contributed by atoms with Crippen LogP contribution in [-0.2, 0) is 0 Å². The molecule has 1 unspecified atom stereocenters. The summed E-state index contributed by atoms with van der Waals surface area (Å²) in [5.41, 5.74) is 4.51. The number of aryl methyl sites for hydroxylation is 1. The molecule has 1 aliphatic heterocycles. The van der Waals surface area contributed by atoms with E-state index in [9.17, 15) is 10.1 Å². The molecule has 30 heavy (non-hydrogen) atoms. The number of nitrogens with one attached hydrogen (secondary N) is 1. The number of allylic oxidation sites excluding steroid dienone is 1. The quantitative estimate of drug-likeness (QED) is 0.298. The number of benzene rings is 2. The topological polar surface area (TPSA) is 64.4 Å². The molecule has 1 aliphatic rings. The number of hydrogen-bond acceptors (Lipinski definition) is 4. The normalized spacial score (nSPS) is 17.5. The molecule has 1 heterocycles. The van der Waals surface area contributed by atoms with Gasteiger partial charge in [-0.2, -0.15) is 0 Å². The van der Waals surface area contributed by atoms with Gasteiger partial charge in [-0.25, -0.2) is 0 Å². The van der Waals surface area contributed by atoms with Crippen LogP contribution in [0.4, 0.5) is 11.4 Å². The van der Waals surface area contributed by atoms with Crippen LogP contribution in [-0.4, -0.2) is 17.1 Å². The summed E-state index contributed by atoms with van der Waals surface area (Å²) in [6.45, 7) is 10.9. The Balaban J connectivity index is 2.18. The minimum atomic E-state index is -0.408. The van der Waals surface area contributed by atoms with E-state index in [1.807, 2.05) is 38.1 Å². The summed E-state index contributed by atoms with van der Waals surface area (Å²) < 4.78 is 5.88. The van der Waals surface area contributed by atoms with Crippen LogP contribution >= 0.6 is 11.6 Å². The van der Waals surface area contributed by atoms with Gasteiger partial charge in [0.05, 0.1) is 9.95 Å². The van der Waals surface area contributed by atoms with Gasteiger partial charge < -0.3 is 10.1 Å². The summed E-state index contributed by atoms with van der Waals surface area (Å²) in [5, 5.41) is 15.9. The highest BCUT2D eigenvalue weighted by Gasteiger charge is 2.33. The molecule has 5 nitrogen and oxygen atoms in total. The molecule has 0 saturated heterocycles. The zero-order valence-corrected chi connectivity index (χ0v) is 19.0. The second-order valence-corrected chi connectivity index (χ2v) is 8.94. The van der Waals surface area contributed by atoms with E-state index in [-0.39, 0.29) is 29.5 Å². The Labute approximate surface area is 183 Å². The van der Waals surface area contributed by atoms with E-state index in [1.54, 1.807) is 6.07 Å². The van der Waals surface area contributed by atoms with Gasteiger partial charge in [-0.3, -0.25) is 10.1 Å². The molecule has 160 valence electrons. The van der Waals surface area contributed by atoms with Crippen molar-refractivity contribution in [2.45, 2.75) is 58.9 Å². The average molecular weight is 429 g/mol. The number of ether oxygens (including phenoxy) is 1. The molecule has 0 bridgehead atoms. The summed E-state index contributed by atoms with van der Waals surface area (Å²) in [6, 6.07) is 6.98. The third-order valence-electron chi connectivity index (χ3n) is 5.48. The molecule has 3 rings (SSSR count). The summed E-state index contributed by atoms with van der Waals surface area (Å²) in [7, 11) is 0. The van der Waals surface area contributed by atoms with Crippen LogP contribution in [0.3, 0.4) is 0 Å². The average Bonchev–Trinajstić information content (AvgIpc) is 2.66. The maximum atomic E-state index is 11.7. The zero-order valence-electron chi connectivity index (χ0n) is 18.2. The van der Waals surface area contributed by atoms with Gasteiger partial charge >= 0.3 is 5.69 Å². The van der Waals surface area contributed by atoms with Gasteiger partial charge in [-0.05, 0) is 56.7 Å². The van der Waals surface area contributed by atoms with Gasteiger partial charge in [0.25, 0.3) is 0 Å². The van der Waals surface area contributed by atoms with Crippen molar-refractivity contribution in [1.29, 1.82) is 0 Å². The summed E-state index contributed by atoms with van der Waals surface area (Å²) in [4.78, 5) is 11.3. The maximum absolute atomic E-state index is 11.7. The lowest BCUT2D eigenvalue weighted by atomic mass is 9.79.